The van der Waals surface area contributed by atoms with Crippen LogP contribution in [0.2, 0.25) is 0 Å². The van der Waals surface area contributed by atoms with Gasteiger partial charge in [-0.15, -0.1) is 0 Å². The maximum Gasteiger partial charge on any atom is 0.220 e. The van der Waals surface area contributed by atoms with E-state index in [2.05, 4.69) is 43.5 Å². The Kier molecular flexibility index (Phi) is 28.9. The molecule has 0 saturated carbocycles. The molecule has 9 heteroatoms. The van der Waals surface area contributed by atoms with Crippen LogP contribution in [0, 0.1) is 0 Å². The summed E-state index contributed by atoms with van der Waals surface area (Å²) in [6.45, 7) is 3.63. The van der Waals surface area contributed by atoms with E-state index in [1.54, 1.807) is 6.08 Å². The molecule has 1 heterocycles. The van der Waals surface area contributed by atoms with Crippen LogP contribution >= 0.6 is 0 Å². The topological polar surface area (TPSA) is 149 Å². The van der Waals surface area contributed by atoms with Gasteiger partial charge in [-0.25, -0.2) is 0 Å². The third-order valence-electron chi connectivity index (χ3n) is 9.20. The van der Waals surface area contributed by atoms with Gasteiger partial charge in [-0.3, -0.25) is 4.79 Å². The normalized spacial score (nSPS) is 22.8. The van der Waals surface area contributed by atoms with Crippen LogP contribution in [0.25, 0.3) is 0 Å². The van der Waals surface area contributed by atoms with Crippen LogP contribution in [0.1, 0.15) is 155 Å². The summed E-state index contributed by atoms with van der Waals surface area (Å²) in [5, 5.41) is 53.6. The summed E-state index contributed by atoms with van der Waals surface area (Å²) in [5.41, 5.74) is 0. The molecule has 0 aromatic heterocycles. The van der Waals surface area contributed by atoms with Crippen LogP contribution in [0.4, 0.5) is 0 Å². The number of hydrogen-bond acceptors (Lipinski definition) is 8. The number of allylic oxidation sites excluding steroid dienone is 5. The molecule has 1 amide bonds. The van der Waals surface area contributed by atoms with Crippen LogP contribution in [0.5, 0.6) is 0 Å². The van der Waals surface area contributed by atoms with Crippen molar-refractivity contribution < 1.29 is 39.8 Å². The second-order valence-corrected chi connectivity index (χ2v) is 13.7. The minimum Gasteiger partial charge on any atom is -0.394 e. The molecule has 0 aliphatic carbocycles. The molecular formula is C40H73NO8. The van der Waals surface area contributed by atoms with Crippen molar-refractivity contribution in [3.05, 3.63) is 36.5 Å². The highest BCUT2D eigenvalue weighted by molar-refractivity contribution is 5.76. The van der Waals surface area contributed by atoms with Gasteiger partial charge in [0.05, 0.1) is 25.4 Å². The Morgan fingerprint density at radius 1 is 0.673 bits per heavy atom. The minimum atomic E-state index is -1.57. The van der Waals surface area contributed by atoms with E-state index in [1.807, 2.05) is 6.08 Å². The number of carbonyl (C=O) groups excluding carboxylic acids is 1. The van der Waals surface area contributed by atoms with Crippen molar-refractivity contribution in [2.75, 3.05) is 13.2 Å². The number of unbranched alkanes of at least 4 members (excludes halogenated alkanes) is 17. The quantitative estimate of drug-likeness (QED) is 0.0338. The lowest BCUT2D eigenvalue weighted by atomic mass is 9.99. The molecule has 7 unspecified atom stereocenters. The van der Waals surface area contributed by atoms with Gasteiger partial charge >= 0.3 is 0 Å². The van der Waals surface area contributed by atoms with E-state index in [-0.39, 0.29) is 12.5 Å². The third-order valence-corrected chi connectivity index (χ3v) is 9.20. The summed E-state index contributed by atoms with van der Waals surface area (Å²) in [7, 11) is 0. The number of hydrogen-bond donors (Lipinski definition) is 6. The summed E-state index contributed by atoms with van der Waals surface area (Å²) in [6, 6.07) is -0.820. The zero-order valence-corrected chi connectivity index (χ0v) is 30.9. The Morgan fingerprint density at radius 3 is 1.71 bits per heavy atom. The van der Waals surface area contributed by atoms with E-state index in [1.165, 1.54) is 77.0 Å². The fourth-order valence-corrected chi connectivity index (χ4v) is 5.95. The highest BCUT2D eigenvalue weighted by atomic mass is 16.7. The Hall–Kier alpha value is -1.59. The Labute approximate surface area is 298 Å². The van der Waals surface area contributed by atoms with E-state index in [4.69, 9.17) is 9.47 Å². The smallest absolute Gasteiger partial charge is 0.220 e. The van der Waals surface area contributed by atoms with Crippen LogP contribution in [-0.4, -0.2) is 87.5 Å². The van der Waals surface area contributed by atoms with Gasteiger partial charge in [-0.2, -0.15) is 0 Å². The average Bonchev–Trinajstić information content (AvgIpc) is 3.10. The maximum absolute atomic E-state index is 12.7. The molecular weight excluding hydrogens is 622 g/mol. The molecule has 1 saturated heterocycles. The standard InChI is InChI=1S/C40H73NO8/c1-3-5-7-9-10-11-12-13-14-15-16-17-18-19-20-21-22-23-24-26-27-29-34(43)33(41-36(44)30-28-25-8-6-4-2)32-48-40-39(47)38(46)37(45)35(31-42)49-40/h18-19,22-23,27,29,33-35,37-40,42-43,45-47H,3-17,20-21,24-26,28,30-32H2,1-2H3,(H,41,44)/b19-18+,23-22+,29-27+. The van der Waals surface area contributed by atoms with E-state index in [9.17, 15) is 30.3 Å². The Bertz CT molecular complexity index is 863. The van der Waals surface area contributed by atoms with Crippen molar-refractivity contribution in [1.29, 1.82) is 0 Å². The first-order valence-corrected chi connectivity index (χ1v) is 19.7. The molecule has 1 rings (SSSR count). The second kappa shape index (κ2) is 31.2. The van der Waals surface area contributed by atoms with Gasteiger partial charge in [0, 0.05) is 6.42 Å². The molecule has 1 aliphatic heterocycles. The molecule has 9 nitrogen and oxygen atoms in total. The first kappa shape index (κ1) is 45.4. The van der Waals surface area contributed by atoms with Crippen molar-refractivity contribution in [2.24, 2.45) is 0 Å². The molecule has 1 fully saturated rings. The van der Waals surface area contributed by atoms with Gasteiger partial charge in [0.2, 0.25) is 5.91 Å². The summed E-state index contributed by atoms with van der Waals surface area (Å²) < 4.78 is 11.1. The molecule has 0 spiro atoms. The SMILES string of the molecule is CCCCCCCCCCCCC/C=C/CC/C=C/CC/C=C/C(O)C(COC1OC(CO)C(O)C(O)C1O)NC(=O)CCCCCCC. The van der Waals surface area contributed by atoms with Crippen molar-refractivity contribution in [2.45, 2.75) is 198 Å². The van der Waals surface area contributed by atoms with E-state index < -0.39 is 49.5 Å². The zero-order chi connectivity index (χ0) is 36.0. The molecule has 0 bridgehead atoms. The molecule has 286 valence electrons. The molecule has 0 aromatic rings. The number of aliphatic hydroxyl groups excluding tert-OH is 5. The molecule has 0 radical (unpaired) electrons. The summed E-state index contributed by atoms with van der Waals surface area (Å²) >= 11 is 0. The minimum absolute atomic E-state index is 0.206. The van der Waals surface area contributed by atoms with Gasteiger partial charge in [0.25, 0.3) is 0 Å². The lowest BCUT2D eigenvalue weighted by Crippen LogP contribution is -2.60. The third kappa shape index (κ3) is 22.8. The first-order chi connectivity index (χ1) is 23.8. The summed E-state index contributed by atoms with van der Waals surface area (Å²) in [4.78, 5) is 12.7. The zero-order valence-electron chi connectivity index (χ0n) is 30.9. The summed E-state index contributed by atoms with van der Waals surface area (Å²) in [5.74, 6) is -0.206. The molecule has 1 aliphatic rings. The average molecular weight is 696 g/mol. The lowest BCUT2D eigenvalue weighted by Gasteiger charge is -2.40. The number of rotatable bonds is 31. The first-order valence-electron chi connectivity index (χ1n) is 19.7. The van der Waals surface area contributed by atoms with E-state index in [0.29, 0.717) is 6.42 Å². The highest BCUT2D eigenvalue weighted by Crippen LogP contribution is 2.22. The van der Waals surface area contributed by atoms with Crippen LogP contribution in [0.15, 0.2) is 36.5 Å². The largest absolute Gasteiger partial charge is 0.394 e. The highest BCUT2D eigenvalue weighted by Gasteiger charge is 2.44. The number of nitrogens with one attached hydrogen (secondary N) is 1. The molecule has 7 atom stereocenters. The van der Waals surface area contributed by atoms with Gasteiger partial charge in [0.1, 0.15) is 24.4 Å². The molecule has 6 N–H and O–H groups in total. The van der Waals surface area contributed by atoms with Crippen LogP contribution in [0.3, 0.4) is 0 Å². The fraction of sp³-hybridized carbons (Fsp3) is 0.825. The van der Waals surface area contributed by atoms with Gasteiger partial charge in [-0.1, -0.05) is 140 Å². The van der Waals surface area contributed by atoms with Crippen molar-refractivity contribution in [3.63, 3.8) is 0 Å². The number of amides is 1. The lowest BCUT2D eigenvalue weighted by molar-refractivity contribution is -0.302. The Morgan fingerprint density at radius 2 is 1.16 bits per heavy atom. The van der Waals surface area contributed by atoms with Crippen LogP contribution in [-0.2, 0) is 14.3 Å². The molecule has 0 aromatic carbocycles. The fourth-order valence-electron chi connectivity index (χ4n) is 5.95. The van der Waals surface area contributed by atoms with Gasteiger partial charge in [-0.05, 0) is 44.9 Å². The number of carbonyl (C=O) groups is 1. The van der Waals surface area contributed by atoms with Crippen molar-refractivity contribution in [1.82, 2.24) is 5.32 Å². The predicted octanol–water partition coefficient (Wildman–Crippen LogP) is 6.94. The molecule has 49 heavy (non-hydrogen) atoms. The van der Waals surface area contributed by atoms with Gasteiger partial charge in [0.15, 0.2) is 6.29 Å². The van der Waals surface area contributed by atoms with E-state index in [0.717, 1.165) is 57.8 Å². The maximum atomic E-state index is 12.7. The van der Waals surface area contributed by atoms with E-state index >= 15 is 0 Å². The van der Waals surface area contributed by atoms with Crippen molar-refractivity contribution in [3.8, 4) is 0 Å². The summed E-state index contributed by atoms with van der Waals surface area (Å²) in [6.07, 6.45) is 29.6. The monoisotopic (exact) mass is 696 g/mol. The van der Waals surface area contributed by atoms with Gasteiger partial charge < -0.3 is 40.3 Å². The second-order valence-electron chi connectivity index (χ2n) is 13.7. The number of ether oxygens (including phenoxy) is 2. The predicted molar refractivity (Wildman–Crippen MR) is 198 cm³/mol. The van der Waals surface area contributed by atoms with Crippen molar-refractivity contribution >= 4 is 5.91 Å². The number of aliphatic hydroxyl groups is 5. The Balaban J connectivity index is 2.35. The van der Waals surface area contributed by atoms with Crippen LogP contribution < -0.4 is 5.32 Å².